The first-order valence-electron chi connectivity index (χ1n) is 9.23. The molecule has 0 aromatic heterocycles. The molecule has 1 amide bonds. The molecule has 0 fully saturated rings. The molecule has 1 aliphatic rings. The third-order valence-electron chi connectivity index (χ3n) is 5.09. The summed E-state index contributed by atoms with van der Waals surface area (Å²) in [5.41, 5.74) is 3.87. The minimum absolute atomic E-state index is 0.0452. The molecule has 142 valence electrons. The van der Waals surface area contributed by atoms with Gasteiger partial charge in [-0.3, -0.25) is 4.79 Å². The van der Waals surface area contributed by atoms with Crippen molar-refractivity contribution in [1.29, 1.82) is 0 Å². The molecule has 2 atom stereocenters. The smallest absolute Gasteiger partial charge is 0.258 e. The lowest BCUT2D eigenvalue weighted by molar-refractivity contribution is 0.0974. The zero-order valence-corrected chi connectivity index (χ0v) is 18.6. The second kappa shape index (κ2) is 8.10. The van der Waals surface area contributed by atoms with Crippen LogP contribution in [0.3, 0.4) is 0 Å². The number of carbonyl (C=O) groups is 1. The summed E-state index contributed by atoms with van der Waals surface area (Å²) < 4.78 is 2.04. The van der Waals surface area contributed by atoms with Crippen molar-refractivity contribution in [1.82, 2.24) is 0 Å². The SMILES string of the molecule is C[C@@H]1C[C@@H](Nc2ccc(Br)cc2Br)c2ccccc2N1C(=O)c1ccccc1. The molecule has 1 heterocycles. The highest BCUT2D eigenvalue weighted by Gasteiger charge is 2.34. The summed E-state index contributed by atoms with van der Waals surface area (Å²) in [5, 5.41) is 3.66. The normalized spacial score (nSPS) is 18.5. The molecule has 0 unspecified atom stereocenters. The van der Waals surface area contributed by atoms with Gasteiger partial charge in [0.25, 0.3) is 5.91 Å². The van der Waals surface area contributed by atoms with E-state index < -0.39 is 0 Å². The van der Waals surface area contributed by atoms with E-state index in [1.807, 2.05) is 65.6 Å². The van der Waals surface area contributed by atoms with Gasteiger partial charge in [-0.15, -0.1) is 0 Å². The lowest BCUT2D eigenvalue weighted by Gasteiger charge is -2.40. The fourth-order valence-electron chi connectivity index (χ4n) is 3.77. The Hall–Kier alpha value is -2.11. The number of nitrogens with zero attached hydrogens (tertiary/aromatic N) is 1. The van der Waals surface area contributed by atoms with Crippen LogP contribution < -0.4 is 10.2 Å². The van der Waals surface area contributed by atoms with Gasteiger partial charge in [0.05, 0.1) is 6.04 Å². The molecular formula is C23H20Br2N2O. The third kappa shape index (κ3) is 3.74. The molecule has 5 heteroatoms. The van der Waals surface area contributed by atoms with Crippen LogP contribution in [-0.4, -0.2) is 11.9 Å². The van der Waals surface area contributed by atoms with Crippen LogP contribution in [0, 0.1) is 0 Å². The first-order chi connectivity index (χ1) is 13.5. The summed E-state index contributed by atoms with van der Waals surface area (Å²) >= 11 is 7.14. The van der Waals surface area contributed by atoms with Crippen LogP contribution in [0.2, 0.25) is 0 Å². The van der Waals surface area contributed by atoms with Crippen molar-refractivity contribution >= 4 is 49.1 Å². The van der Waals surface area contributed by atoms with Crippen molar-refractivity contribution in [2.24, 2.45) is 0 Å². The summed E-state index contributed by atoms with van der Waals surface area (Å²) in [6.45, 7) is 2.11. The molecule has 0 bridgehead atoms. The van der Waals surface area contributed by atoms with Crippen molar-refractivity contribution in [2.75, 3.05) is 10.2 Å². The van der Waals surface area contributed by atoms with E-state index in [-0.39, 0.29) is 18.0 Å². The van der Waals surface area contributed by atoms with Crippen LogP contribution in [0.5, 0.6) is 0 Å². The molecule has 0 saturated carbocycles. The van der Waals surface area contributed by atoms with Gasteiger partial charge in [0.15, 0.2) is 0 Å². The van der Waals surface area contributed by atoms with Crippen LogP contribution in [0.25, 0.3) is 0 Å². The lowest BCUT2D eigenvalue weighted by atomic mass is 9.90. The minimum Gasteiger partial charge on any atom is -0.377 e. The summed E-state index contributed by atoms with van der Waals surface area (Å²) in [7, 11) is 0. The molecule has 3 aromatic carbocycles. The predicted molar refractivity (Wildman–Crippen MR) is 122 cm³/mol. The second-order valence-electron chi connectivity index (χ2n) is 7.01. The Morgan fingerprint density at radius 2 is 1.71 bits per heavy atom. The van der Waals surface area contributed by atoms with E-state index in [0.717, 1.165) is 32.3 Å². The van der Waals surface area contributed by atoms with E-state index in [2.05, 4.69) is 56.2 Å². The molecule has 0 aliphatic carbocycles. The van der Waals surface area contributed by atoms with Crippen molar-refractivity contribution in [3.05, 3.63) is 92.9 Å². The van der Waals surface area contributed by atoms with E-state index in [4.69, 9.17) is 0 Å². The number of para-hydroxylation sites is 1. The van der Waals surface area contributed by atoms with Gasteiger partial charge in [0, 0.05) is 31.9 Å². The molecule has 28 heavy (non-hydrogen) atoms. The van der Waals surface area contributed by atoms with Gasteiger partial charge in [-0.05, 0) is 71.2 Å². The van der Waals surface area contributed by atoms with E-state index in [1.165, 1.54) is 0 Å². The molecular weight excluding hydrogens is 480 g/mol. The number of carbonyl (C=O) groups excluding carboxylic acids is 1. The first-order valence-corrected chi connectivity index (χ1v) is 10.8. The Balaban J connectivity index is 1.69. The van der Waals surface area contributed by atoms with Crippen molar-refractivity contribution in [2.45, 2.75) is 25.4 Å². The predicted octanol–water partition coefficient (Wildman–Crippen LogP) is 6.80. The van der Waals surface area contributed by atoms with E-state index in [9.17, 15) is 4.79 Å². The Morgan fingerprint density at radius 3 is 2.46 bits per heavy atom. The van der Waals surface area contributed by atoms with Crippen LogP contribution >= 0.6 is 31.9 Å². The number of hydrogen-bond donors (Lipinski definition) is 1. The molecule has 1 aliphatic heterocycles. The topological polar surface area (TPSA) is 32.3 Å². The van der Waals surface area contributed by atoms with Crippen LogP contribution in [0.1, 0.15) is 35.3 Å². The van der Waals surface area contributed by atoms with Crippen LogP contribution in [0.15, 0.2) is 81.7 Å². The van der Waals surface area contributed by atoms with Crippen molar-refractivity contribution in [3.8, 4) is 0 Å². The number of rotatable bonds is 3. The average Bonchev–Trinajstić information content (AvgIpc) is 2.70. The molecule has 4 rings (SSSR count). The highest BCUT2D eigenvalue weighted by atomic mass is 79.9. The first kappa shape index (κ1) is 19.2. The quantitative estimate of drug-likeness (QED) is 0.429. The average molecular weight is 500 g/mol. The van der Waals surface area contributed by atoms with Gasteiger partial charge in [-0.1, -0.05) is 52.3 Å². The highest BCUT2D eigenvalue weighted by Crippen LogP contribution is 2.40. The van der Waals surface area contributed by atoms with Gasteiger partial charge in [-0.2, -0.15) is 0 Å². The standard InChI is InChI=1S/C23H20Br2N2O/c1-15-13-21(26-20-12-11-17(24)14-19(20)25)18-9-5-6-10-22(18)27(15)23(28)16-7-3-2-4-8-16/h2-12,14-15,21,26H,13H2,1H3/t15-,21-/m1/s1. The number of benzene rings is 3. The number of halogens is 2. The summed E-state index contributed by atoms with van der Waals surface area (Å²) in [4.78, 5) is 15.2. The van der Waals surface area contributed by atoms with Gasteiger partial charge >= 0.3 is 0 Å². The van der Waals surface area contributed by atoms with Crippen LogP contribution in [0.4, 0.5) is 11.4 Å². The summed E-state index contributed by atoms with van der Waals surface area (Å²) in [6, 6.07) is 24.0. The maximum Gasteiger partial charge on any atom is 0.258 e. The zero-order chi connectivity index (χ0) is 19.7. The molecule has 1 N–H and O–H groups in total. The van der Waals surface area contributed by atoms with Crippen molar-refractivity contribution < 1.29 is 4.79 Å². The number of amides is 1. The third-order valence-corrected chi connectivity index (χ3v) is 6.24. The number of nitrogens with one attached hydrogen (secondary N) is 1. The lowest BCUT2D eigenvalue weighted by Crippen LogP contribution is -2.44. The minimum atomic E-state index is 0.0452. The Labute approximate surface area is 182 Å². The van der Waals surface area contributed by atoms with Crippen molar-refractivity contribution in [3.63, 3.8) is 0 Å². The Bertz CT molecular complexity index is 1010. The Kier molecular flexibility index (Phi) is 5.56. The molecule has 3 nitrogen and oxygen atoms in total. The molecule has 0 spiro atoms. The van der Waals surface area contributed by atoms with Crippen LogP contribution in [-0.2, 0) is 0 Å². The molecule has 0 radical (unpaired) electrons. The number of hydrogen-bond acceptors (Lipinski definition) is 2. The number of anilines is 2. The fraction of sp³-hybridized carbons (Fsp3) is 0.174. The molecule has 0 saturated heterocycles. The fourth-order valence-corrected chi connectivity index (χ4v) is 4.93. The van der Waals surface area contributed by atoms with E-state index in [1.54, 1.807) is 0 Å². The highest BCUT2D eigenvalue weighted by molar-refractivity contribution is 9.11. The zero-order valence-electron chi connectivity index (χ0n) is 15.4. The Morgan fingerprint density at radius 1 is 1.00 bits per heavy atom. The molecule has 3 aromatic rings. The van der Waals surface area contributed by atoms with E-state index >= 15 is 0 Å². The summed E-state index contributed by atoms with van der Waals surface area (Å²) in [6.07, 6.45) is 0.831. The number of fused-ring (bicyclic) bond motifs is 1. The summed E-state index contributed by atoms with van der Waals surface area (Å²) in [5.74, 6) is 0.0452. The van der Waals surface area contributed by atoms with Gasteiger partial charge in [-0.25, -0.2) is 0 Å². The van der Waals surface area contributed by atoms with Gasteiger partial charge < -0.3 is 10.2 Å². The second-order valence-corrected chi connectivity index (χ2v) is 8.78. The maximum atomic E-state index is 13.2. The maximum absolute atomic E-state index is 13.2. The van der Waals surface area contributed by atoms with E-state index in [0.29, 0.717) is 5.56 Å². The van der Waals surface area contributed by atoms with Gasteiger partial charge in [0.1, 0.15) is 0 Å². The largest absolute Gasteiger partial charge is 0.377 e. The van der Waals surface area contributed by atoms with Gasteiger partial charge in [0.2, 0.25) is 0 Å². The monoisotopic (exact) mass is 498 g/mol.